The maximum absolute atomic E-state index is 5.73. The molecule has 3 atom stereocenters. The molecule has 0 bridgehead atoms. The molecule has 2 saturated heterocycles. The minimum atomic E-state index is 0.509. The molecular formula is C13H26N2O. The second kappa shape index (κ2) is 5.99. The van der Waals surface area contributed by atoms with Crippen LogP contribution in [0.15, 0.2) is 0 Å². The van der Waals surface area contributed by atoms with E-state index >= 15 is 0 Å². The van der Waals surface area contributed by atoms with Crippen LogP contribution in [0.1, 0.15) is 33.1 Å². The van der Waals surface area contributed by atoms with Crippen LogP contribution in [0.4, 0.5) is 0 Å². The molecule has 2 rings (SSSR count). The molecule has 0 radical (unpaired) electrons. The van der Waals surface area contributed by atoms with Crippen LogP contribution < -0.4 is 5.32 Å². The monoisotopic (exact) mass is 226 g/mol. The molecule has 0 amide bonds. The Hall–Kier alpha value is -0.120. The summed E-state index contributed by atoms with van der Waals surface area (Å²) in [6.07, 6.45) is 4.29. The fourth-order valence-corrected chi connectivity index (χ4v) is 2.72. The minimum Gasteiger partial charge on any atom is -0.377 e. The van der Waals surface area contributed by atoms with Crippen LogP contribution in [-0.4, -0.2) is 49.8 Å². The van der Waals surface area contributed by atoms with Crippen molar-refractivity contribution in [2.24, 2.45) is 5.92 Å². The summed E-state index contributed by atoms with van der Waals surface area (Å²) in [6, 6.07) is 0.662. The van der Waals surface area contributed by atoms with Gasteiger partial charge in [0.25, 0.3) is 0 Å². The molecule has 2 heterocycles. The minimum absolute atomic E-state index is 0.509. The van der Waals surface area contributed by atoms with E-state index in [-0.39, 0.29) is 0 Å². The lowest BCUT2D eigenvalue weighted by Crippen LogP contribution is -2.44. The fourth-order valence-electron chi connectivity index (χ4n) is 2.72. The van der Waals surface area contributed by atoms with Crippen LogP contribution in [-0.2, 0) is 4.74 Å². The molecule has 0 aromatic carbocycles. The van der Waals surface area contributed by atoms with Crippen LogP contribution in [0.3, 0.4) is 0 Å². The molecule has 0 aliphatic carbocycles. The second-order valence-electron chi connectivity index (χ2n) is 5.60. The first kappa shape index (κ1) is 12.3. The maximum Gasteiger partial charge on any atom is 0.0702 e. The van der Waals surface area contributed by atoms with Crippen LogP contribution in [0, 0.1) is 5.92 Å². The third kappa shape index (κ3) is 3.72. The van der Waals surface area contributed by atoms with Gasteiger partial charge in [-0.2, -0.15) is 0 Å². The van der Waals surface area contributed by atoms with Crippen molar-refractivity contribution in [3.63, 3.8) is 0 Å². The van der Waals surface area contributed by atoms with Gasteiger partial charge in [0.2, 0.25) is 0 Å². The molecule has 0 aromatic heterocycles. The molecule has 0 aromatic rings. The van der Waals surface area contributed by atoms with Gasteiger partial charge in [-0.1, -0.05) is 6.92 Å². The normalized spacial score (nSPS) is 38.2. The first-order chi connectivity index (χ1) is 7.74. The summed E-state index contributed by atoms with van der Waals surface area (Å²) >= 11 is 0. The third-order valence-electron chi connectivity index (χ3n) is 3.75. The average molecular weight is 226 g/mol. The van der Waals surface area contributed by atoms with Gasteiger partial charge in [0.1, 0.15) is 0 Å². The highest BCUT2D eigenvalue weighted by molar-refractivity contribution is 4.77. The maximum atomic E-state index is 5.73. The van der Waals surface area contributed by atoms with E-state index in [1.165, 1.54) is 32.4 Å². The van der Waals surface area contributed by atoms with Gasteiger partial charge in [-0.25, -0.2) is 0 Å². The standard InChI is InChI=1S/C13H26N2O/c1-11-8-14-12(2)5-6-15(9-11)10-13-4-3-7-16-13/h11-14H,3-10H2,1-2H3. The number of ether oxygens (including phenoxy) is 1. The summed E-state index contributed by atoms with van der Waals surface area (Å²) in [5, 5.41) is 3.59. The topological polar surface area (TPSA) is 24.5 Å². The molecule has 3 nitrogen and oxygen atoms in total. The largest absolute Gasteiger partial charge is 0.377 e. The highest BCUT2D eigenvalue weighted by atomic mass is 16.5. The summed E-state index contributed by atoms with van der Waals surface area (Å²) in [6.45, 7) is 10.4. The highest BCUT2D eigenvalue weighted by Crippen LogP contribution is 2.15. The Morgan fingerprint density at radius 3 is 2.94 bits per heavy atom. The second-order valence-corrected chi connectivity index (χ2v) is 5.60. The van der Waals surface area contributed by atoms with E-state index in [0.29, 0.717) is 12.1 Å². The van der Waals surface area contributed by atoms with Crippen molar-refractivity contribution in [1.29, 1.82) is 0 Å². The Morgan fingerprint density at radius 2 is 2.19 bits per heavy atom. The van der Waals surface area contributed by atoms with Crippen LogP contribution in [0.25, 0.3) is 0 Å². The van der Waals surface area contributed by atoms with Gasteiger partial charge in [0.05, 0.1) is 6.10 Å². The zero-order chi connectivity index (χ0) is 11.4. The van der Waals surface area contributed by atoms with Crippen molar-refractivity contribution < 1.29 is 4.74 Å². The Balaban J connectivity index is 1.80. The molecule has 3 heteroatoms. The van der Waals surface area contributed by atoms with Crippen molar-refractivity contribution in [1.82, 2.24) is 10.2 Å². The van der Waals surface area contributed by atoms with Crippen molar-refractivity contribution in [2.75, 3.05) is 32.8 Å². The number of nitrogens with one attached hydrogen (secondary N) is 1. The van der Waals surface area contributed by atoms with Gasteiger partial charge in [-0.05, 0) is 45.2 Å². The summed E-state index contributed by atoms with van der Waals surface area (Å²) in [5.74, 6) is 0.754. The van der Waals surface area contributed by atoms with Gasteiger partial charge in [0.15, 0.2) is 0 Å². The zero-order valence-corrected chi connectivity index (χ0v) is 10.7. The average Bonchev–Trinajstić information content (AvgIpc) is 2.74. The highest BCUT2D eigenvalue weighted by Gasteiger charge is 2.22. The SMILES string of the molecule is CC1CNC(C)CCN(CC2CCCO2)C1. The summed E-state index contributed by atoms with van der Waals surface area (Å²) in [4.78, 5) is 2.61. The van der Waals surface area contributed by atoms with Crippen molar-refractivity contribution in [2.45, 2.75) is 45.3 Å². The Labute approximate surface area is 99.5 Å². The van der Waals surface area contributed by atoms with Crippen LogP contribution >= 0.6 is 0 Å². The Morgan fingerprint density at radius 1 is 1.31 bits per heavy atom. The van der Waals surface area contributed by atoms with Gasteiger partial charge >= 0.3 is 0 Å². The van der Waals surface area contributed by atoms with Crippen LogP contribution in [0.5, 0.6) is 0 Å². The Kier molecular flexibility index (Phi) is 4.62. The molecule has 0 saturated carbocycles. The van der Waals surface area contributed by atoms with E-state index in [2.05, 4.69) is 24.1 Å². The molecule has 94 valence electrons. The summed E-state index contributed by atoms with van der Waals surface area (Å²) < 4.78 is 5.73. The lowest BCUT2D eigenvalue weighted by atomic mass is 10.1. The quantitative estimate of drug-likeness (QED) is 0.772. The molecule has 2 aliphatic heterocycles. The number of hydrogen-bond acceptors (Lipinski definition) is 3. The fraction of sp³-hybridized carbons (Fsp3) is 1.00. The van der Waals surface area contributed by atoms with E-state index in [1.807, 2.05) is 0 Å². The lowest BCUT2D eigenvalue weighted by molar-refractivity contribution is 0.0640. The van der Waals surface area contributed by atoms with Crippen molar-refractivity contribution in [3.05, 3.63) is 0 Å². The van der Waals surface area contributed by atoms with Gasteiger partial charge in [-0.3, -0.25) is 0 Å². The van der Waals surface area contributed by atoms with E-state index in [4.69, 9.17) is 4.74 Å². The van der Waals surface area contributed by atoms with E-state index < -0.39 is 0 Å². The van der Waals surface area contributed by atoms with Crippen molar-refractivity contribution >= 4 is 0 Å². The summed E-state index contributed by atoms with van der Waals surface area (Å²) in [5.41, 5.74) is 0. The summed E-state index contributed by atoms with van der Waals surface area (Å²) in [7, 11) is 0. The predicted octanol–water partition coefficient (Wildman–Crippen LogP) is 1.49. The molecule has 0 spiro atoms. The third-order valence-corrected chi connectivity index (χ3v) is 3.75. The van der Waals surface area contributed by atoms with E-state index in [9.17, 15) is 0 Å². The first-order valence-electron chi connectivity index (χ1n) is 6.81. The lowest BCUT2D eigenvalue weighted by Gasteiger charge is -2.32. The molecule has 16 heavy (non-hydrogen) atoms. The molecule has 2 aliphatic rings. The van der Waals surface area contributed by atoms with Crippen LogP contribution in [0.2, 0.25) is 0 Å². The Bertz CT molecular complexity index is 204. The smallest absolute Gasteiger partial charge is 0.0702 e. The van der Waals surface area contributed by atoms with E-state index in [0.717, 1.165) is 25.6 Å². The number of nitrogens with zero attached hydrogens (tertiary/aromatic N) is 1. The predicted molar refractivity (Wildman–Crippen MR) is 66.7 cm³/mol. The van der Waals surface area contributed by atoms with Gasteiger partial charge in [0, 0.05) is 25.7 Å². The zero-order valence-electron chi connectivity index (χ0n) is 10.7. The number of rotatable bonds is 2. The van der Waals surface area contributed by atoms with E-state index in [1.54, 1.807) is 0 Å². The molecule has 2 fully saturated rings. The van der Waals surface area contributed by atoms with Gasteiger partial charge < -0.3 is 15.0 Å². The first-order valence-corrected chi connectivity index (χ1v) is 6.81. The number of hydrogen-bond donors (Lipinski definition) is 1. The van der Waals surface area contributed by atoms with Crippen molar-refractivity contribution in [3.8, 4) is 0 Å². The molecule has 1 N–H and O–H groups in total. The molecular weight excluding hydrogens is 200 g/mol. The molecule has 3 unspecified atom stereocenters. The van der Waals surface area contributed by atoms with Gasteiger partial charge in [-0.15, -0.1) is 0 Å².